The van der Waals surface area contributed by atoms with Crippen molar-refractivity contribution in [3.63, 3.8) is 0 Å². The fourth-order valence-electron chi connectivity index (χ4n) is 0.859. The Labute approximate surface area is 89.2 Å². The van der Waals surface area contributed by atoms with E-state index in [1.807, 2.05) is 0 Å². The number of rotatable bonds is 4. The fraction of sp³-hybridized carbons (Fsp3) is 0.900. The fourth-order valence-corrected chi connectivity index (χ4v) is 0.859. The highest BCUT2D eigenvalue weighted by molar-refractivity contribution is 5.81. The van der Waals surface area contributed by atoms with Crippen LogP contribution in [0.5, 0.6) is 0 Å². The van der Waals surface area contributed by atoms with Crippen molar-refractivity contribution in [2.24, 2.45) is 0 Å². The molecule has 2 nitrogen and oxygen atoms in total. The maximum atomic E-state index is 11.7. The third kappa shape index (κ3) is 13.4. The van der Waals surface area contributed by atoms with Gasteiger partial charge in [-0.05, 0) is 20.4 Å². The Morgan fingerprint density at radius 1 is 1.33 bits per heavy atom. The van der Waals surface area contributed by atoms with Crippen LogP contribution in [0.15, 0.2) is 0 Å². The minimum atomic E-state index is -4.18. The average molecular weight is 227 g/mol. The van der Waals surface area contributed by atoms with E-state index in [2.05, 4.69) is 19.2 Å². The van der Waals surface area contributed by atoms with Gasteiger partial charge in [0.15, 0.2) is 0 Å². The summed E-state index contributed by atoms with van der Waals surface area (Å²) in [5.41, 5.74) is 0. The van der Waals surface area contributed by atoms with Gasteiger partial charge in [0.1, 0.15) is 5.78 Å². The van der Waals surface area contributed by atoms with Gasteiger partial charge in [-0.3, -0.25) is 4.79 Å². The first-order chi connectivity index (χ1) is 6.78. The highest BCUT2D eigenvalue weighted by atomic mass is 19.4. The van der Waals surface area contributed by atoms with Crippen LogP contribution >= 0.6 is 0 Å². The number of Topliss-reactive ketones (excluding diaryl/α,β-unsaturated/α-hetero) is 1. The molecule has 0 aromatic rings. The molecule has 0 fully saturated rings. The van der Waals surface area contributed by atoms with Gasteiger partial charge in [-0.1, -0.05) is 20.3 Å². The van der Waals surface area contributed by atoms with E-state index in [0.29, 0.717) is 0 Å². The van der Waals surface area contributed by atoms with Crippen LogP contribution in [0.1, 0.15) is 40.0 Å². The number of halogens is 3. The normalized spacial score (nSPS) is 12.7. The molecule has 0 aliphatic heterocycles. The van der Waals surface area contributed by atoms with Crippen molar-refractivity contribution in [2.75, 3.05) is 7.05 Å². The predicted molar refractivity (Wildman–Crippen MR) is 54.8 cm³/mol. The quantitative estimate of drug-likeness (QED) is 0.800. The highest BCUT2D eigenvalue weighted by Crippen LogP contribution is 2.22. The number of nitrogens with one attached hydrogen (secondary N) is 1. The summed E-state index contributed by atoms with van der Waals surface area (Å²) in [6.07, 6.45) is -4.03. The second kappa shape index (κ2) is 8.71. The maximum absolute atomic E-state index is 11.7. The van der Waals surface area contributed by atoms with Gasteiger partial charge in [0.2, 0.25) is 0 Å². The molecule has 0 saturated carbocycles. The van der Waals surface area contributed by atoms with Gasteiger partial charge in [-0.15, -0.1) is 0 Å². The van der Waals surface area contributed by atoms with Gasteiger partial charge in [0.25, 0.3) is 0 Å². The predicted octanol–water partition coefficient (Wildman–Crippen LogP) is 2.92. The number of likely N-dealkylation sites (N-methyl/N-ethyl adjacent to an activating group) is 1. The Hall–Kier alpha value is -0.580. The summed E-state index contributed by atoms with van der Waals surface area (Å²) in [5.74, 6) is -0.262. The molecule has 0 heterocycles. The maximum Gasteiger partial charge on any atom is 0.389 e. The lowest BCUT2D eigenvalue weighted by molar-refractivity contribution is -0.138. The van der Waals surface area contributed by atoms with E-state index in [9.17, 15) is 18.0 Å². The van der Waals surface area contributed by atoms with Crippen molar-refractivity contribution in [3.8, 4) is 0 Å². The molecule has 0 saturated heterocycles. The van der Waals surface area contributed by atoms with Gasteiger partial charge in [-0.25, -0.2) is 0 Å². The Morgan fingerprint density at radius 2 is 1.73 bits per heavy atom. The molecule has 1 atom stereocenters. The Balaban J connectivity index is 0. The van der Waals surface area contributed by atoms with Gasteiger partial charge in [-0.2, -0.15) is 13.2 Å². The summed E-state index contributed by atoms with van der Waals surface area (Å²) in [6, 6.07) is -0.674. The van der Waals surface area contributed by atoms with Crippen LogP contribution in [0, 0.1) is 0 Å². The van der Waals surface area contributed by atoms with Crippen molar-refractivity contribution >= 4 is 5.78 Å². The molecule has 1 N–H and O–H groups in total. The third-order valence-corrected chi connectivity index (χ3v) is 1.56. The molecular formula is C10H20F3NO. The molecule has 0 aliphatic rings. The Kier molecular flexibility index (Phi) is 9.77. The number of hydrogen-bond acceptors (Lipinski definition) is 2. The summed E-state index contributed by atoms with van der Waals surface area (Å²) in [6.45, 7) is 5.53. The standard InChI is InChI=1S/C7H12F3NO.C3H8/c1-5(12)6(11-2)3-4-7(8,9)10;1-3-2/h6,11H,3-4H2,1-2H3;3H2,1-2H3. The molecule has 1 unspecified atom stereocenters. The number of hydrogen-bond donors (Lipinski definition) is 1. The molecule has 0 bridgehead atoms. The summed E-state index contributed by atoms with van der Waals surface area (Å²) >= 11 is 0. The Bertz CT molecular complexity index is 169. The lowest BCUT2D eigenvalue weighted by Crippen LogP contribution is -2.33. The molecule has 0 aromatic carbocycles. The van der Waals surface area contributed by atoms with Crippen LogP contribution in [0.3, 0.4) is 0 Å². The van der Waals surface area contributed by atoms with Crippen molar-refractivity contribution in [3.05, 3.63) is 0 Å². The molecule has 92 valence electrons. The van der Waals surface area contributed by atoms with Crippen molar-refractivity contribution in [1.29, 1.82) is 0 Å². The monoisotopic (exact) mass is 227 g/mol. The molecule has 15 heavy (non-hydrogen) atoms. The second-order valence-corrected chi connectivity index (χ2v) is 3.31. The molecule has 0 rings (SSSR count). The zero-order valence-corrected chi connectivity index (χ0v) is 9.74. The first kappa shape index (κ1) is 16.8. The first-order valence-corrected chi connectivity index (χ1v) is 5.02. The van der Waals surface area contributed by atoms with Gasteiger partial charge in [0.05, 0.1) is 6.04 Å². The van der Waals surface area contributed by atoms with Crippen molar-refractivity contribution < 1.29 is 18.0 Å². The Morgan fingerprint density at radius 3 is 1.93 bits per heavy atom. The summed E-state index contributed by atoms with van der Waals surface area (Å²) < 4.78 is 35.0. The van der Waals surface area contributed by atoms with E-state index >= 15 is 0 Å². The first-order valence-electron chi connectivity index (χ1n) is 5.02. The van der Waals surface area contributed by atoms with E-state index in [0.717, 1.165) is 0 Å². The number of alkyl halides is 3. The zero-order valence-electron chi connectivity index (χ0n) is 9.74. The van der Waals surface area contributed by atoms with Crippen molar-refractivity contribution in [1.82, 2.24) is 5.32 Å². The summed E-state index contributed by atoms with van der Waals surface area (Å²) in [7, 11) is 1.47. The van der Waals surface area contributed by atoms with Crippen molar-refractivity contribution in [2.45, 2.75) is 52.3 Å². The molecule has 0 aromatic heterocycles. The molecule has 0 radical (unpaired) electrons. The molecule has 0 spiro atoms. The third-order valence-electron chi connectivity index (χ3n) is 1.56. The SMILES string of the molecule is CCC.CNC(CCC(F)(F)F)C(C)=O. The highest BCUT2D eigenvalue weighted by Gasteiger charge is 2.28. The molecule has 0 aliphatic carbocycles. The van der Waals surface area contributed by atoms with Crippen LogP contribution in [-0.2, 0) is 4.79 Å². The lowest BCUT2D eigenvalue weighted by atomic mass is 10.1. The van der Waals surface area contributed by atoms with Crippen LogP contribution in [0.4, 0.5) is 13.2 Å². The number of carbonyl (C=O) groups is 1. The van der Waals surface area contributed by atoms with E-state index in [-0.39, 0.29) is 12.2 Å². The number of carbonyl (C=O) groups excluding carboxylic acids is 1. The largest absolute Gasteiger partial charge is 0.389 e. The smallest absolute Gasteiger partial charge is 0.311 e. The molecule has 5 heteroatoms. The van der Waals surface area contributed by atoms with Crippen LogP contribution < -0.4 is 5.32 Å². The topological polar surface area (TPSA) is 29.1 Å². The second-order valence-electron chi connectivity index (χ2n) is 3.31. The van der Waals surface area contributed by atoms with E-state index in [1.54, 1.807) is 0 Å². The molecule has 0 amide bonds. The average Bonchev–Trinajstić information content (AvgIpc) is 2.03. The van der Waals surface area contributed by atoms with Gasteiger partial charge >= 0.3 is 6.18 Å². The summed E-state index contributed by atoms with van der Waals surface area (Å²) in [4.78, 5) is 10.7. The molecular weight excluding hydrogens is 207 g/mol. The summed E-state index contributed by atoms with van der Waals surface area (Å²) in [5, 5.41) is 2.52. The van der Waals surface area contributed by atoms with E-state index < -0.39 is 18.6 Å². The number of ketones is 1. The van der Waals surface area contributed by atoms with E-state index in [4.69, 9.17) is 0 Å². The van der Waals surface area contributed by atoms with E-state index in [1.165, 1.54) is 20.4 Å². The van der Waals surface area contributed by atoms with Crippen LogP contribution in [0.2, 0.25) is 0 Å². The van der Waals surface area contributed by atoms with Gasteiger partial charge < -0.3 is 5.32 Å². The zero-order chi connectivity index (χ0) is 12.5. The van der Waals surface area contributed by atoms with Gasteiger partial charge in [0, 0.05) is 6.42 Å². The minimum Gasteiger partial charge on any atom is -0.311 e. The minimum absolute atomic E-state index is 0.185. The lowest BCUT2D eigenvalue weighted by Gasteiger charge is -2.13. The van der Waals surface area contributed by atoms with Crippen LogP contribution in [0.25, 0.3) is 0 Å². The van der Waals surface area contributed by atoms with Crippen LogP contribution in [-0.4, -0.2) is 25.0 Å².